The minimum atomic E-state index is -3.84. The Morgan fingerprint density at radius 2 is 1.86 bits per heavy atom. The van der Waals surface area contributed by atoms with Gasteiger partial charge in [-0.2, -0.15) is 0 Å². The normalized spacial score (nSPS) is 15.7. The Kier molecular flexibility index (Phi) is 4.82. The fourth-order valence-corrected chi connectivity index (χ4v) is 4.13. The van der Waals surface area contributed by atoms with Crippen molar-refractivity contribution >= 4 is 26.8 Å². The second-order valence-corrected chi connectivity index (χ2v) is 8.51. The number of primary sulfonamides is 1. The van der Waals surface area contributed by atoms with Crippen molar-refractivity contribution in [3.8, 4) is 0 Å². The summed E-state index contributed by atoms with van der Waals surface area (Å²) in [5.41, 5.74) is 2.25. The van der Waals surface area contributed by atoms with Gasteiger partial charge >= 0.3 is 0 Å². The van der Waals surface area contributed by atoms with E-state index in [2.05, 4.69) is 9.97 Å². The number of carbonyl (C=O) groups is 1. The van der Waals surface area contributed by atoms with Gasteiger partial charge in [0.05, 0.1) is 10.4 Å². The van der Waals surface area contributed by atoms with E-state index in [9.17, 15) is 13.2 Å². The van der Waals surface area contributed by atoms with Crippen LogP contribution in [0.15, 0.2) is 59.8 Å². The van der Waals surface area contributed by atoms with E-state index >= 15 is 0 Å². The Hall–Kier alpha value is -2.84. The van der Waals surface area contributed by atoms with Gasteiger partial charge in [0.25, 0.3) is 5.91 Å². The Balaban J connectivity index is 1.47. The molecule has 1 fully saturated rings. The van der Waals surface area contributed by atoms with Crippen molar-refractivity contribution in [2.75, 3.05) is 13.1 Å². The minimum absolute atomic E-state index is 0.0545. The lowest BCUT2D eigenvalue weighted by Crippen LogP contribution is -2.38. The number of piperidine rings is 1. The average molecular weight is 396 g/mol. The SMILES string of the molecule is NS(=O)(=O)c1cccc(C(=O)N2CCC(c3cc4ncccc4cn3)CC2)c1. The lowest BCUT2D eigenvalue weighted by Gasteiger charge is -2.32. The first kappa shape index (κ1) is 18.5. The lowest BCUT2D eigenvalue weighted by molar-refractivity contribution is 0.0712. The van der Waals surface area contributed by atoms with E-state index in [1.165, 1.54) is 18.2 Å². The van der Waals surface area contributed by atoms with Gasteiger partial charge in [-0.05, 0) is 49.2 Å². The van der Waals surface area contributed by atoms with Crippen LogP contribution < -0.4 is 5.14 Å². The molecule has 0 saturated carbocycles. The molecule has 1 aliphatic heterocycles. The Labute approximate surface area is 163 Å². The average Bonchev–Trinajstić information content (AvgIpc) is 2.72. The maximum Gasteiger partial charge on any atom is 0.253 e. The highest BCUT2D eigenvalue weighted by molar-refractivity contribution is 7.89. The van der Waals surface area contributed by atoms with Crippen LogP contribution >= 0.6 is 0 Å². The zero-order valence-corrected chi connectivity index (χ0v) is 16.0. The molecule has 1 aliphatic rings. The van der Waals surface area contributed by atoms with Gasteiger partial charge in [0, 0.05) is 48.0 Å². The number of nitrogens with two attached hydrogens (primary N) is 1. The van der Waals surface area contributed by atoms with Crippen LogP contribution in [0.3, 0.4) is 0 Å². The molecule has 28 heavy (non-hydrogen) atoms. The number of sulfonamides is 1. The third kappa shape index (κ3) is 3.74. The monoisotopic (exact) mass is 396 g/mol. The Morgan fingerprint density at radius 1 is 1.07 bits per heavy atom. The Bertz CT molecular complexity index is 1140. The van der Waals surface area contributed by atoms with Gasteiger partial charge in [0.2, 0.25) is 10.0 Å². The summed E-state index contributed by atoms with van der Waals surface area (Å²) in [4.78, 5) is 23.4. The molecule has 2 N–H and O–H groups in total. The van der Waals surface area contributed by atoms with Gasteiger partial charge in [0.15, 0.2) is 0 Å². The molecule has 3 aromatic rings. The highest BCUT2D eigenvalue weighted by atomic mass is 32.2. The summed E-state index contributed by atoms with van der Waals surface area (Å²) in [6.07, 6.45) is 5.20. The van der Waals surface area contributed by atoms with Crippen LogP contribution in [-0.2, 0) is 10.0 Å². The minimum Gasteiger partial charge on any atom is -0.339 e. The fraction of sp³-hybridized carbons (Fsp3) is 0.250. The zero-order chi connectivity index (χ0) is 19.7. The van der Waals surface area contributed by atoms with Crippen LogP contribution in [0, 0.1) is 0 Å². The zero-order valence-electron chi connectivity index (χ0n) is 15.2. The molecular formula is C20H20N4O3S. The van der Waals surface area contributed by atoms with Crippen molar-refractivity contribution in [1.29, 1.82) is 0 Å². The second kappa shape index (κ2) is 7.29. The predicted molar refractivity (Wildman–Crippen MR) is 105 cm³/mol. The summed E-state index contributed by atoms with van der Waals surface area (Å²) in [6.45, 7) is 1.18. The van der Waals surface area contributed by atoms with E-state index in [0.29, 0.717) is 18.7 Å². The second-order valence-electron chi connectivity index (χ2n) is 6.94. The topological polar surface area (TPSA) is 106 Å². The number of benzene rings is 1. The molecule has 4 rings (SSSR count). The summed E-state index contributed by atoms with van der Waals surface area (Å²) in [7, 11) is -3.84. The number of likely N-dealkylation sites (tertiary alicyclic amines) is 1. The molecular weight excluding hydrogens is 376 g/mol. The van der Waals surface area contributed by atoms with Gasteiger partial charge in [0.1, 0.15) is 0 Å². The largest absolute Gasteiger partial charge is 0.339 e. The number of amides is 1. The highest BCUT2D eigenvalue weighted by Crippen LogP contribution is 2.29. The third-order valence-corrected chi connectivity index (χ3v) is 6.03. The van der Waals surface area contributed by atoms with Crippen LogP contribution in [-0.4, -0.2) is 42.3 Å². The maximum atomic E-state index is 12.8. The number of pyridine rings is 2. The number of carbonyl (C=O) groups excluding carboxylic acids is 1. The summed E-state index contributed by atoms with van der Waals surface area (Å²) in [6, 6.07) is 11.8. The van der Waals surface area contributed by atoms with Gasteiger partial charge in [-0.1, -0.05) is 6.07 Å². The molecule has 0 bridgehead atoms. The number of hydrogen-bond donors (Lipinski definition) is 1. The third-order valence-electron chi connectivity index (χ3n) is 5.12. The van der Waals surface area contributed by atoms with Crippen LogP contribution in [0.25, 0.3) is 10.9 Å². The molecule has 144 valence electrons. The van der Waals surface area contributed by atoms with E-state index in [1.807, 2.05) is 24.4 Å². The van der Waals surface area contributed by atoms with Crippen molar-refractivity contribution in [3.05, 3.63) is 66.1 Å². The fourth-order valence-electron chi connectivity index (χ4n) is 3.57. The number of rotatable bonds is 3. The molecule has 1 amide bonds. The van der Waals surface area contributed by atoms with Crippen LogP contribution in [0.5, 0.6) is 0 Å². The first-order valence-corrected chi connectivity index (χ1v) is 10.6. The van der Waals surface area contributed by atoms with Gasteiger partial charge in [-0.15, -0.1) is 0 Å². The molecule has 0 unspecified atom stereocenters. The molecule has 1 saturated heterocycles. The molecule has 8 heteroatoms. The first-order chi connectivity index (χ1) is 13.4. The van der Waals surface area contributed by atoms with Gasteiger partial charge in [-0.25, -0.2) is 13.6 Å². The molecule has 0 radical (unpaired) electrons. The van der Waals surface area contributed by atoms with E-state index in [4.69, 9.17) is 5.14 Å². The smallest absolute Gasteiger partial charge is 0.253 e. The van der Waals surface area contributed by atoms with Crippen LogP contribution in [0.2, 0.25) is 0 Å². The van der Waals surface area contributed by atoms with Crippen molar-refractivity contribution in [2.45, 2.75) is 23.7 Å². The molecule has 0 aliphatic carbocycles. The van der Waals surface area contributed by atoms with E-state index in [-0.39, 0.29) is 16.7 Å². The van der Waals surface area contributed by atoms with Crippen molar-refractivity contribution in [3.63, 3.8) is 0 Å². The van der Waals surface area contributed by atoms with E-state index in [0.717, 1.165) is 29.4 Å². The quantitative estimate of drug-likeness (QED) is 0.731. The van der Waals surface area contributed by atoms with E-state index in [1.54, 1.807) is 17.2 Å². The lowest BCUT2D eigenvalue weighted by atomic mass is 9.92. The summed E-state index contributed by atoms with van der Waals surface area (Å²) in [5.74, 6) is 0.0864. The predicted octanol–water partition coefficient (Wildman–Crippen LogP) is 2.30. The molecule has 2 aromatic heterocycles. The van der Waals surface area contributed by atoms with Crippen molar-refractivity contribution in [2.24, 2.45) is 5.14 Å². The maximum absolute atomic E-state index is 12.8. The number of aromatic nitrogens is 2. The summed E-state index contributed by atoms with van der Waals surface area (Å²) in [5, 5.41) is 6.17. The van der Waals surface area contributed by atoms with Crippen LogP contribution in [0.4, 0.5) is 0 Å². The number of hydrogen-bond acceptors (Lipinski definition) is 5. The molecule has 1 aromatic carbocycles. The van der Waals surface area contributed by atoms with Crippen molar-refractivity contribution in [1.82, 2.24) is 14.9 Å². The molecule has 7 nitrogen and oxygen atoms in total. The van der Waals surface area contributed by atoms with Gasteiger partial charge in [-0.3, -0.25) is 14.8 Å². The first-order valence-electron chi connectivity index (χ1n) is 9.04. The van der Waals surface area contributed by atoms with Crippen LogP contribution in [0.1, 0.15) is 34.8 Å². The molecule has 3 heterocycles. The summed E-state index contributed by atoms with van der Waals surface area (Å²) < 4.78 is 23.0. The highest BCUT2D eigenvalue weighted by Gasteiger charge is 2.26. The van der Waals surface area contributed by atoms with Crippen molar-refractivity contribution < 1.29 is 13.2 Å². The van der Waals surface area contributed by atoms with E-state index < -0.39 is 10.0 Å². The molecule has 0 atom stereocenters. The Morgan fingerprint density at radius 3 is 2.61 bits per heavy atom. The van der Waals surface area contributed by atoms with Gasteiger partial charge < -0.3 is 4.90 Å². The number of nitrogens with zero attached hydrogens (tertiary/aromatic N) is 3. The summed E-state index contributed by atoms with van der Waals surface area (Å²) >= 11 is 0. The molecule has 0 spiro atoms. The number of fused-ring (bicyclic) bond motifs is 1. The standard InChI is InChI=1S/C20H20N4O3S/c21-28(26,27)17-5-1-3-15(11-17)20(25)24-9-6-14(7-10-24)18-12-19-16(13-23-18)4-2-8-22-19/h1-5,8,11-14H,6-7,9-10H2,(H2,21,26,27).